The molecule has 0 aliphatic carbocycles. The summed E-state index contributed by atoms with van der Waals surface area (Å²) in [4.78, 5) is 31.4. The lowest BCUT2D eigenvalue weighted by Gasteiger charge is -2.25. The number of benzene rings is 2. The minimum Gasteiger partial charge on any atom is -0.507 e. The summed E-state index contributed by atoms with van der Waals surface area (Å²) in [7, 11) is 1.33. The summed E-state index contributed by atoms with van der Waals surface area (Å²) >= 11 is 3.41. The van der Waals surface area contributed by atoms with Crippen molar-refractivity contribution in [3.8, 4) is 5.75 Å². The van der Waals surface area contributed by atoms with E-state index in [4.69, 9.17) is 4.74 Å². The van der Waals surface area contributed by atoms with E-state index < -0.39 is 29.3 Å². The monoisotopic (exact) mass is 496 g/mol. The zero-order valence-corrected chi connectivity index (χ0v) is 18.5. The lowest BCUT2D eigenvalue weighted by molar-refractivity contribution is -0.140. The third kappa shape index (κ3) is 4.01. The van der Waals surface area contributed by atoms with Gasteiger partial charge in [0.05, 0.1) is 18.7 Å². The minimum absolute atomic E-state index is 0.00299. The van der Waals surface area contributed by atoms with E-state index in [-0.39, 0.29) is 23.4 Å². The Morgan fingerprint density at radius 1 is 1.16 bits per heavy atom. The summed E-state index contributed by atoms with van der Waals surface area (Å²) in [6, 6.07) is 13.6. The van der Waals surface area contributed by atoms with Crippen LogP contribution in [0.15, 0.2) is 77.0 Å². The van der Waals surface area contributed by atoms with E-state index >= 15 is 0 Å². The summed E-state index contributed by atoms with van der Waals surface area (Å²) in [5.41, 5.74) is 1.37. The van der Waals surface area contributed by atoms with Crippen molar-refractivity contribution >= 4 is 33.4 Å². The molecule has 2 heterocycles. The zero-order chi connectivity index (χ0) is 22.8. The molecule has 6 nitrogen and oxygen atoms in total. The number of hydrogen-bond donors (Lipinski definition) is 1. The number of carbonyl (C=O) groups is 2. The standard InChI is InChI=1S/C24H18BrFN2O4/c1-32-19-6-5-16(12-18(19)26)22(29)20-21(15-3-2-4-17(25)11-15)28(24(31)23(20)30)13-14-7-9-27-10-8-14/h2-12,21,29H,13H2,1H3/b22-20-. The molecule has 2 aromatic carbocycles. The molecule has 1 aliphatic heterocycles. The predicted octanol–water partition coefficient (Wildman–Crippen LogP) is 4.61. The minimum atomic E-state index is -0.856. The van der Waals surface area contributed by atoms with E-state index in [1.807, 2.05) is 6.07 Å². The highest BCUT2D eigenvalue weighted by Gasteiger charge is 2.46. The molecule has 162 valence electrons. The second-order valence-corrected chi connectivity index (χ2v) is 8.10. The number of likely N-dealkylation sites (tertiary alicyclic amines) is 1. The number of pyridine rings is 1. The van der Waals surface area contributed by atoms with E-state index in [0.717, 1.165) is 16.1 Å². The van der Waals surface area contributed by atoms with E-state index in [1.165, 1.54) is 24.1 Å². The van der Waals surface area contributed by atoms with Crippen molar-refractivity contribution in [2.75, 3.05) is 7.11 Å². The largest absolute Gasteiger partial charge is 0.507 e. The molecule has 0 saturated carbocycles. The predicted molar refractivity (Wildman–Crippen MR) is 119 cm³/mol. The molecule has 1 aromatic heterocycles. The zero-order valence-electron chi connectivity index (χ0n) is 17.0. The Kier molecular flexibility index (Phi) is 6.05. The molecule has 1 saturated heterocycles. The van der Waals surface area contributed by atoms with Crippen molar-refractivity contribution in [2.45, 2.75) is 12.6 Å². The van der Waals surface area contributed by atoms with Gasteiger partial charge in [0.1, 0.15) is 5.76 Å². The van der Waals surface area contributed by atoms with Gasteiger partial charge >= 0.3 is 0 Å². The topological polar surface area (TPSA) is 79.7 Å². The smallest absolute Gasteiger partial charge is 0.295 e. The van der Waals surface area contributed by atoms with Gasteiger partial charge in [-0.1, -0.05) is 28.1 Å². The van der Waals surface area contributed by atoms with Gasteiger partial charge in [-0.2, -0.15) is 0 Å². The average molecular weight is 497 g/mol. The number of ketones is 1. The Labute approximate surface area is 192 Å². The third-order valence-corrected chi connectivity index (χ3v) is 5.73. The Hall–Kier alpha value is -3.52. The van der Waals surface area contributed by atoms with Gasteiger partial charge in [0, 0.05) is 29.0 Å². The number of aliphatic hydroxyl groups excluding tert-OH is 1. The van der Waals surface area contributed by atoms with E-state index in [1.54, 1.807) is 42.7 Å². The molecule has 1 aliphatic rings. The molecule has 0 bridgehead atoms. The summed E-state index contributed by atoms with van der Waals surface area (Å²) in [5.74, 6) is -2.73. The Morgan fingerprint density at radius 2 is 1.91 bits per heavy atom. The molecule has 0 spiro atoms. The van der Waals surface area contributed by atoms with Crippen molar-refractivity contribution in [1.29, 1.82) is 0 Å². The first-order valence-corrected chi connectivity index (χ1v) is 10.5. The van der Waals surface area contributed by atoms with Crippen molar-refractivity contribution in [3.63, 3.8) is 0 Å². The summed E-state index contributed by atoms with van der Waals surface area (Å²) in [5, 5.41) is 11.0. The number of Topliss-reactive ketones (excluding diaryl/α,β-unsaturated/α-hetero) is 1. The summed E-state index contributed by atoms with van der Waals surface area (Å²) in [6.07, 6.45) is 3.19. The fourth-order valence-corrected chi connectivity index (χ4v) is 4.14. The number of rotatable bonds is 5. The van der Waals surface area contributed by atoms with Gasteiger partial charge in [-0.25, -0.2) is 4.39 Å². The molecule has 1 amide bonds. The molecule has 1 unspecified atom stereocenters. The fraction of sp³-hybridized carbons (Fsp3) is 0.125. The van der Waals surface area contributed by atoms with Crippen molar-refractivity contribution in [1.82, 2.24) is 9.88 Å². The molecule has 1 fully saturated rings. The number of methoxy groups -OCH3 is 1. The molecule has 32 heavy (non-hydrogen) atoms. The number of hydrogen-bond acceptors (Lipinski definition) is 5. The molecule has 4 rings (SSSR count). The summed E-state index contributed by atoms with van der Waals surface area (Å²) in [6.45, 7) is 0.137. The second kappa shape index (κ2) is 8.92. The van der Waals surface area contributed by atoms with Gasteiger partial charge in [-0.15, -0.1) is 0 Å². The number of nitrogens with zero attached hydrogens (tertiary/aromatic N) is 2. The van der Waals surface area contributed by atoms with Crippen LogP contribution < -0.4 is 4.74 Å². The van der Waals surface area contributed by atoms with E-state index in [0.29, 0.717) is 5.56 Å². The highest BCUT2D eigenvalue weighted by atomic mass is 79.9. The maximum atomic E-state index is 14.3. The first-order chi connectivity index (χ1) is 15.4. The number of amides is 1. The van der Waals surface area contributed by atoms with Gasteiger partial charge < -0.3 is 14.7 Å². The first-order valence-electron chi connectivity index (χ1n) is 9.67. The maximum Gasteiger partial charge on any atom is 0.295 e. The molecular weight excluding hydrogens is 479 g/mol. The molecule has 1 atom stereocenters. The van der Waals surface area contributed by atoms with Crippen molar-refractivity contribution in [2.24, 2.45) is 0 Å². The van der Waals surface area contributed by atoms with E-state index in [9.17, 15) is 19.1 Å². The van der Waals surface area contributed by atoms with Crippen molar-refractivity contribution < 1.29 is 23.8 Å². The quantitative estimate of drug-likeness (QED) is 0.317. The van der Waals surface area contributed by atoms with Gasteiger partial charge in [0.15, 0.2) is 11.6 Å². The van der Waals surface area contributed by atoms with Crippen LogP contribution in [-0.4, -0.2) is 33.8 Å². The van der Waals surface area contributed by atoms with Crippen LogP contribution in [0.2, 0.25) is 0 Å². The Balaban J connectivity index is 1.87. The van der Waals surface area contributed by atoms with Crippen LogP contribution in [0.25, 0.3) is 5.76 Å². The van der Waals surface area contributed by atoms with Gasteiger partial charge in [-0.05, 0) is 53.6 Å². The molecule has 8 heteroatoms. The Morgan fingerprint density at radius 3 is 2.56 bits per heavy atom. The van der Waals surface area contributed by atoms with Crippen LogP contribution in [0.5, 0.6) is 5.75 Å². The number of halogens is 2. The lowest BCUT2D eigenvalue weighted by Crippen LogP contribution is -2.29. The molecule has 1 N–H and O–H groups in total. The summed E-state index contributed by atoms with van der Waals surface area (Å²) < 4.78 is 19.9. The Bertz CT molecular complexity index is 1230. The first kappa shape index (κ1) is 21.7. The van der Waals surface area contributed by atoms with Crippen LogP contribution in [0, 0.1) is 5.82 Å². The van der Waals surface area contributed by atoms with Crippen LogP contribution in [-0.2, 0) is 16.1 Å². The average Bonchev–Trinajstić information content (AvgIpc) is 3.04. The highest BCUT2D eigenvalue weighted by molar-refractivity contribution is 9.10. The van der Waals surface area contributed by atoms with Gasteiger partial charge in [0.25, 0.3) is 11.7 Å². The number of carbonyl (C=O) groups excluding carboxylic acids is 2. The fourth-order valence-electron chi connectivity index (χ4n) is 3.72. The molecule has 0 radical (unpaired) electrons. The highest BCUT2D eigenvalue weighted by Crippen LogP contribution is 2.41. The lowest BCUT2D eigenvalue weighted by atomic mass is 9.95. The van der Waals surface area contributed by atoms with Crippen LogP contribution in [0.3, 0.4) is 0 Å². The normalized spacial score (nSPS) is 17.6. The number of aliphatic hydroxyl groups is 1. The van der Waals surface area contributed by atoms with Crippen LogP contribution >= 0.6 is 15.9 Å². The SMILES string of the molecule is COc1ccc(/C(O)=C2/C(=O)C(=O)N(Cc3ccncc3)C2c2cccc(Br)c2)cc1F. The van der Waals surface area contributed by atoms with Gasteiger partial charge in [0.2, 0.25) is 0 Å². The maximum absolute atomic E-state index is 14.3. The van der Waals surface area contributed by atoms with Gasteiger partial charge in [-0.3, -0.25) is 14.6 Å². The van der Waals surface area contributed by atoms with Crippen molar-refractivity contribution in [3.05, 3.63) is 99.5 Å². The van der Waals surface area contributed by atoms with Crippen LogP contribution in [0.1, 0.15) is 22.7 Å². The van der Waals surface area contributed by atoms with Crippen LogP contribution in [0.4, 0.5) is 4.39 Å². The number of ether oxygens (including phenoxy) is 1. The second-order valence-electron chi connectivity index (χ2n) is 7.19. The van der Waals surface area contributed by atoms with E-state index in [2.05, 4.69) is 20.9 Å². The number of aromatic nitrogens is 1. The molecular formula is C24H18BrFN2O4. The third-order valence-electron chi connectivity index (χ3n) is 5.23. The molecule has 3 aromatic rings.